The first-order valence-corrected chi connectivity index (χ1v) is 21.0. The van der Waals surface area contributed by atoms with Crippen LogP contribution in [0.5, 0.6) is 5.75 Å². The molecule has 5 nitrogen and oxygen atoms in total. The SMILES string of the molecule is CCCCCC[N+](CCCCCC)(CCCCCC)CCCCCC.CCc1cc(Cl)cc(OC)c1C1=C([O-])C2(CCC(C)CC2)NC1=O. The van der Waals surface area contributed by atoms with Gasteiger partial charge in [-0.2, -0.15) is 0 Å². The number of rotatable bonds is 23. The zero-order chi connectivity index (χ0) is 36.1. The third-order valence-corrected chi connectivity index (χ3v) is 11.5. The zero-order valence-electron chi connectivity index (χ0n) is 33.0. The van der Waals surface area contributed by atoms with Crippen LogP contribution in [0.25, 0.3) is 5.57 Å². The summed E-state index contributed by atoms with van der Waals surface area (Å²) in [6, 6.07) is 3.47. The summed E-state index contributed by atoms with van der Waals surface area (Å²) < 4.78 is 6.89. The lowest BCUT2D eigenvalue weighted by atomic mass is 9.76. The normalized spacial score (nSPS) is 19.3. The van der Waals surface area contributed by atoms with Gasteiger partial charge < -0.3 is 19.6 Å². The molecule has 0 atom stereocenters. The van der Waals surface area contributed by atoms with E-state index in [1.807, 2.05) is 6.92 Å². The summed E-state index contributed by atoms with van der Waals surface area (Å²) in [5.74, 6) is 0.708. The van der Waals surface area contributed by atoms with Gasteiger partial charge >= 0.3 is 0 Å². The molecule has 2 aliphatic rings. The lowest BCUT2D eigenvalue weighted by Crippen LogP contribution is -2.50. The number of aryl methyl sites for hydroxylation is 1. The van der Waals surface area contributed by atoms with Gasteiger partial charge in [-0.25, -0.2) is 0 Å². The van der Waals surface area contributed by atoms with Crippen molar-refractivity contribution in [2.75, 3.05) is 33.3 Å². The Morgan fingerprint density at radius 3 is 1.61 bits per heavy atom. The van der Waals surface area contributed by atoms with E-state index in [9.17, 15) is 9.90 Å². The molecule has 1 aliphatic heterocycles. The first-order chi connectivity index (χ1) is 23.7. The molecule has 1 saturated carbocycles. The maximum absolute atomic E-state index is 13.2. The molecule has 1 N–H and O–H groups in total. The number of nitrogens with one attached hydrogen (secondary N) is 1. The Hall–Kier alpha value is -1.72. The first kappa shape index (κ1) is 43.4. The van der Waals surface area contributed by atoms with Gasteiger partial charge in [-0.1, -0.05) is 110 Å². The maximum Gasteiger partial charge on any atom is 0.251 e. The monoisotopic (exact) mass is 703 g/mol. The predicted molar refractivity (Wildman–Crippen MR) is 209 cm³/mol. The average Bonchev–Trinajstić information content (AvgIpc) is 3.34. The molecule has 6 heteroatoms. The van der Waals surface area contributed by atoms with Crippen molar-refractivity contribution < 1.29 is 19.1 Å². The minimum Gasteiger partial charge on any atom is -0.873 e. The third-order valence-electron chi connectivity index (χ3n) is 11.3. The number of carbonyl (C=O) groups excluding carboxylic acids is 1. The molecule has 0 radical (unpaired) electrons. The molecule has 0 saturated heterocycles. The molecule has 3 rings (SSSR count). The van der Waals surface area contributed by atoms with Crippen molar-refractivity contribution in [2.24, 2.45) is 5.92 Å². The summed E-state index contributed by atoms with van der Waals surface area (Å²) in [5.41, 5.74) is 0.964. The topological polar surface area (TPSA) is 61.4 Å². The molecule has 0 aromatic heterocycles. The quantitative estimate of drug-likeness (QED) is 0.0912. The fraction of sp³-hybridized carbons (Fsp3) is 0.791. The van der Waals surface area contributed by atoms with Crippen LogP contribution in [0.4, 0.5) is 0 Å². The zero-order valence-corrected chi connectivity index (χ0v) is 33.7. The number of unbranched alkanes of at least 4 members (excludes halogenated alkanes) is 12. The Kier molecular flexibility index (Phi) is 21.0. The van der Waals surface area contributed by atoms with E-state index in [-0.39, 0.29) is 17.2 Å². The van der Waals surface area contributed by atoms with Crippen molar-refractivity contribution in [1.29, 1.82) is 0 Å². The van der Waals surface area contributed by atoms with Crippen molar-refractivity contribution >= 4 is 23.1 Å². The number of methoxy groups -OCH3 is 1. The Morgan fingerprint density at radius 2 is 1.22 bits per heavy atom. The molecule has 0 bridgehead atoms. The smallest absolute Gasteiger partial charge is 0.251 e. The number of hydrogen-bond donors (Lipinski definition) is 1. The Morgan fingerprint density at radius 1 is 0.776 bits per heavy atom. The Labute approximate surface area is 307 Å². The van der Waals surface area contributed by atoms with Crippen LogP contribution in [0, 0.1) is 5.92 Å². The summed E-state index contributed by atoms with van der Waals surface area (Å²) in [4.78, 5) is 12.7. The van der Waals surface area contributed by atoms with E-state index < -0.39 is 5.54 Å². The van der Waals surface area contributed by atoms with Crippen LogP contribution in [-0.2, 0) is 11.2 Å². The van der Waals surface area contributed by atoms with Gasteiger partial charge in [0, 0.05) is 16.2 Å². The Bertz CT molecular complexity index is 1030. The second-order valence-electron chi connectivity index (χ2n) is 15.4. The van der Waals surface area contributed by atoms with Crippen molar-refractivity contribution in [3.63, 3.8) is 0 Å². The summed E-state index contributed by atoms with van der Waals surface area (Å²) in [5, 5.41) is 16.7. The van der Waals surface area contributed by atoms with Crippen molar-refractivity contribution in [3.8, 4) is 5.75 Å². The fourth-order valence-corrected chi connectivity index (χ4v) is 8.27. The number of halogens is 1. The molecular formula is C43H75ClN2O3. The van der Waals surface area contributed by atoms with Gasteiger partial charge in [0.1, 0.15) is 5.75 Å². The van der Waals surface area contributed by atoms with E-state index in [1.165, 1.54) is 141 Å². The van der Waals surface area contributed by atoms with Crippen LogP contribution in [0.3, 0.4) is 0 Å². The van der Waals surface area contributed by atoms with Crippen LogP contribution in [0.15, 0.2) is 17.9 Å². The number of amides is 1. The Balaban J connectivity index is 0.000000340. The molecule has 1 amide bonds. The van der Waals surface area contributed by atoms with E-state index in [0.29, 0.717) is 41.5 Å². The van der Waals surface area contributed by atoms with Crippen molar-refractivity contribution in [2.45, 2.75) is 182 Å². The van der Waals surface area contributed by atoms with Crippen LogP contribution in [0.1, 0.15) is 181 Å². The molecule has 1 spiro atoms. The molecule has 1 aromatic rings. The number of carbonyl (C=O) groups is 1. The summed E-state index contributed by atoms with van der Waals surface area (Å²) in [6.07, 6.45) is 26.8. The number of nitrogens with zero attached hydrogens (tertiary/aromatic N) is 1. The highest BCUT2D eigenvalue weighted by molar-refractivity contribution is 6.31. The second-order valence-corrected chi connectivity index (χ2v) is 15.8. The van der Waals surface area contributed by atoms with Gasteiger partial charge in [0.25, 0.3) is 5.91 Å². The molecule has 0 unspecified atom stereocenters. The molecule has 49 heavy (non-hydrogen) atoms. The average molecular weight is 704 g/mol. The minimum atomic E-state index is -0.728. The lowest BCUT2D eigenvalue weighted by molar-refractivity contribution is -0.929. The number of quaternary nitrogens is 1. The van der Waals surface area contributed by atoms with Crippen molar-refractivity contribution in [1.82, 2.24) is 5.32 Å². The lowest BCUT2D eigenvalue weighted by Gasteiger charge is -2.41. The van der Waals surface area contributed by atoms with E-state index >= 15 is 0 Å². The fourth-order valence-electron chi connectivity index (χ4n) is 8.04. The van der Waals surface area contributed by atoms with Gasteiger partial charge in [-0.15, -0.1) is 0 Å². The van der Waals surface area contributed by atoms with Gasteiger partial charge in [0.15, 0.2) is 0 Å². The van der Waals surface area contributed by atoms with E-state index in [4.69, 9.17) is 16.3 Å². The van der Waals surface area contributed by atoms with Crippen LogP contribution >= 0.6 is 11.6 Å². The van der Waals surface area contributed by atoms with Gasteiger partial charge in [0.05, 0.1) is 38.8 Å². The second kappa shape index (κ2) is 23.7. The van der Waals surface area contributed by atoms with Gasteiger partial charge in [-0.3, -0.25) is 4.79 Å². The third kappa shape index (κ3) is 13.7. The molecule has 1 aromatic carbocycles. The molecule has 1 fully saturated rings. The van der Waals surface area contributed by atoms with Crippen LogP contribution in [-0.4, -0.2) is 49.2 Å². The highest BCUT2D eigenvalue weighted by atomic mass is 35.5. The van der Waals surface area contributed by atoms with Crippen LogP contribution < -0.4 is 15.2 Å². The van der Waals surface area contributed by atoms with Crippen LogP contribution in [0.2, 0.25) is 5.02 Å². The number of benzene rings is 1. The van der Waals surface area contributed by atoms with Crippen molar-refractivity contribution in [3.05, 3.63) is 34.0 Å². The van der Waals surface area contributed by atoms with E-state index in [0.717, 1.165) is 18.4 Å². The summed E-state index contributed by atoms with van der Waals surface area (Å²) in [7, 11) is 1.53. The molecule has 1 heterocycles. The largest absolute Gasteiger partial charge is 0.873 e. The highest BCUT2D eigenvalue weighted by Gasteiger charge is 2.43. The van der Waals surface area contributed by atoms with E-state index in [1.54, 1.807) is 12.1 Å². The minimum absolute atomic E-state index is 0.0882. The number of hydrogen-bond acceptors (Lipinski definition) is 3. The maximum atomic E-state index is 13.2. The van der Waals surface area contributed by atoms with Gasteiger partial charge in [0.2, 0.25) is 0 Å². The standard InChI is InChI=1S/C24H52N.C19H24ClNO3/c1-5-9-13-17-21-25(22-18-14-10-6-2,23-19-15-11-7-3)24-20-16-12-8-4;1-4-12-9-13(20)10-14(24-3)15(12)16-17(22)19(21-18(16)23)7-5-11(2)6-8-19/h5-24H2,1-4H3;9-11,22H,4-8H2,1-3H3,(H,21,23)/q+1;/p-1. The van der Waals surface area contributed by atoms with E-state index in [2.05, 4.69) is 39.9 Å². The molecule has 282 valence electrons. The number of ether oxygens (including phenoxy) is 1. The molecule has 1 aliphatic carbocycles. The predicted octanol–water partition coefficient (Wildman–Crippen LogP) is 11.2. The van der Waals surface area contributed by atoms with Gasteiger partial charge in [-0.05, 0) is 107 Å². The summed E-state index contributed by atoms with van der Waals surface area (Å²) in [6.45, 7) is 19.4. The first-order valence-electron chi connectivity index (χ1n) is 20.6. The summed E-state index contributed by atoms with van der Waals surface area (Å²) >= 11 is 6.14. The molecular weight excluding hydrogens is 628 g/mol. The highest BCUT2D eigenvalue weighted by Crippen LogP contribution is 2.44.